The van der Waals surface area contributed by atoms with E-state index in [1.165, 1.54) is 0 Å². The van der Waals surface area contributed by atoms with Gasteiger partial charge in [-0.3, -0.25) is 4.90 Å². The molecule has 1 fully saturated rings. The van der Waals surface area contributed by atoms with E-state index >= 15 is 0 Å². The van der Waals surface area contributed by atoms with E-state index in [-0.39, 0.29) is 0 Å². The molecule has 1 aromatic rings. The smallest absolute Gasteiger partial charge is 0.106 e. The average molecular weight is 303 g/mol. The lowest BCUT2D eigenvalue weighted by Gasteiger charge is -2.30. The second-order valence-electron chi connectivity index (χ2n) is 4.47. The van der Waals surface area contributed by atoms with Crippen molar-refractivity contribution in [2.45, 2.75) is 6.54 Å². The van der Waals surface area contributed by atoms with Crippen molar-refractivity contribution in [1.29, 1.82) is 0 Å². The summed E-state index contributed by atoms with van der Waals surface area (Å²) in [5.41, 5.74) is 1.07. The normalized spacial score (nSPS) is 20.9. The topological polar surface area (TPSA) is 33.2 Å². The number of halogens is 1. The first kappa shape index (κ1) is 12.3. The standard InChI is InChI=1S/C11H16BrN2OP/c1-16(15)7-5-14(6-8-16)9-10-3-2-4-11(12)13-10/h2-4H,5-9H2,1H3. The van der Waals surface area contributed by atoms with Crippen molar-refractivity contribution < 1.29 is 4.57 Å². The predicted octanol–water partition coefficient (Wildman–Crippen LogP) is 2.65. The number of pyridine rings is 1. The fourth-order valence-corrected chi connectivity index (χ4v) is 3.87. The highest BCUT2D eigenvalue weighted by molar-refractivity contribution is 9.10. The van der Waals surface area contributed by atoms with E-state index in [0.717, 1.165) is 42.3 Å². The van der Waals surface area contributed by atoms with Crippen LogP contribution in [0, 0.1) is 0 Å². The van der Waals surface area contributed by atoms with E-state index in [4.69, 9.17) is 0 Å². The minimum absolute atomic E-state index is 0.848. The number of hydrogen-bond acceptors (Lipinski definition) is 3. The van der Waals surface area contributed by atoms with E-state index < -0.39 is 7.14 Å². The molecule has 0 bridgehead atoms. The third-order valence-corrected chi connectivity index (χ3v) is 5.67. The first-order valence-corrected chi connectivity index (χ1v) is 8.76. The summed E-state index contributed by atoms with van der Waals surface area (Å²) in [5, 5.41) is 0. The SMILES string of the molecule is CP1(=O)CCN(Cc2cccc(Br)n2)CC1. The molecule has 0 saturated carbocycles. The Morgan fingerprint density at radius 2 is 2.12 bits per heavy atom. The molecule has 3 nitrogen and oxygen atoms in total. The maximum Gasteiger partial charge on any atom is 0.106 e. The van der Waals surface area contributed by atoms with Gasteiger partial charge in [0.2, 0.25) is 0 Å². The van der Waals surface area contributed by atoms with E-state index in [1.807, 2.05) is 24.9 Å². The zero-order valence-corrected chi connectivity index (χ0v) is 11.9. The Morgan fingerprint density at radius 3 is 2.75 bits per heavy atom. The Bertz CT molecular complexity index is 412. The minimum atomic E-state index is -1.81. The van der Waals surface area contributed by atoms with Crippen molar-refractivity contribution in [3.63, 3.8) is 0 Å². The molecule has 5 heteroatoms. The lowest BCUT2D eigenvalue weighted by atomic mass is 10.3. The molecule has 0 atom stereocenters. The lowest BCUT2D eigenvalue weighted by Crippen LogP contribution is -2.34. The summed E-state index contributed by atoms with van der Waals surface area (Å²) in [5.74, 6) is 0. The molecule has 0 spiro atoms. The summed E-state index contributed by atoms with van der Waals surface area (Å²) in [6.45, 7) is 4.64. The van der Waals surface area contributed by atoms with Gasteiger partial charge in [-0.2, -0.15) is 0 Å². The molecule has 1 saturated heterocycles. The monoisotopic (exact) mass is 302 g/mol. The Kier molecular flexibility index (Phi) is 3.83. The van der Waals surface area contributed by atoms with Crippen LogP contribution in [0.25, 0.3) is 0 Å². The number of hydrogen-bond donors (Lipinski definition) is 0. The van der Waals surface area contributed by atoms with Crippen LogP contribution >= 0.6 is 23.1 Å². The second-order valence-corrected chi connectivity index (χ2v) is 8.77. The van der Waals surface area contributed by atoms with E-state index in [2.05, 4.69) is 25.8 Å². The molecule has 0 aliphatic carbocycles. The highest BCUT2D eigenvalue weighted by atomic mass is 79.9. The number of rotatable bonds is 2. The Balaban J connectivity index is 1.94. The van der Waals surface area contributed by atoms with Crippen LogP contribution in [-0.4, -0.2) is 42.0 Å². The zero-order valence-electron chi connectivity index (χ0n) is 9.40. The molecule has 2 rings (SSSR count). The molecule has 1 aromatic heterocycles. The van der Waals surface area contributed by atoms with Gasteiger partial charge in [0.05, 0.1) is 12.8 Å². The maximum atomic E-state index is 11.8. The van der Waals surface area contributed by atoms with Gasteiger partial charge in [0.1, 0.15) is 4.60 Å². The molecule has 0 radical (unpaired) electrons. The van der Waals surface area contributed by atoms with E-state index in [1.54, 1.807) is 0 Å². The van der Waals surface area contributed by atoms with Gasteiger partial charge < -0.3 is 4.57 Å². The molecule has 1 aliphatic rings. The molecule has 0 N–H and O–H groups in total. The fourth-order valence-electron chi connectivity index (χ4n) is 1.86. The molecule has 16 heavy (non-hydrogen) atoms. The van der Waals surface area contributed by atoms with E-state index in [0.29, 0.717) is 0 Å². The van der Waals surface area contributed by atoms with Gasteiger partial charge in [-0.15, -0.1) is 0 Å². The van der Waals surface area contributed by atoms with Gasteiger partial charge in [-0.25, -0.2) is 4.98 Å². The van der Waals surface area contributed by atoms with E-state index in [9.17, 15) is 4.57 Å². The van der Waals surface area contributed by atoms with Crippen LogP contribution in [0.4, 0.5) is 0 Å². The van der Waals surface area contributed by atoms with Crippen LogP contribution in [0.15, 0.2) is 22.8 Å². The molecule has 0 unspecified atom stereocenters. The molecule has 88 valence electrons. The summed E-state index contributed by atoms with van der Waals surface area (Å²) in [6.07, 6.45) is 1.70. The third-order valence-electron chi connectivity index (χ3n) is 2.94. The van der Waals surface area contributed by atoms with Crippen LogP contribution < -0.4 is 0 Å². The van der Waals surface area contributed by atoms with Crippen LogP contribution in [0.1, 0.15) is 5.69 Å². The molecule has 1 aliphatic heterocycles. The fraction of sp³-hybridized carbons (Fsp3) is 0.545. The maximum absolute atomic E-state index is 11.8. The highest BCUT2D eigenvalue weighted by Crippen LogP contribution is 2.42. The second kappa shape index (κ2) is 4.99. The summed E-state index contributed by atoms with van der Waals surface area (Å²) in [4.78, 5) is 6.74. The van der Waals surface area contributed by atoms with Crippen molar-refractivity contribution in [3.05, 3.63) is 28.5 Å². The Morgan fingerprint density at radius 1 is 1.44 bits per heavy atom. The van der Waals surface area contributed by atoms with Gasteiger partial charge >= 0.3 is 0 Å². The quantitative estimate of drug-likeness (QED) is 0.622. The van der Waals surface area contributed by atoms with Crippen LogP contribution in [0.2, 0.25) is 0 Å². The van der Waals surface area contributed by atoms with Gasteiger partial charge in [0.25, 0.3) is 0 Å². The first-order chi connectivity index (χ1) is 7.55. The van der Waals surface area contributed by atoms with Gasteiger partial charge in [0.15, 0.2) is 0 Å². The minimum Gasteiger partial charge on any atom is -0.324 e. The Labute approximate surface area is 105 Å². The largest absolute Gasteiger partial charge is 0.324 e. The summed E-state index contributed by atoms with van der Waals surface area (Å²) < 4.78 is 12.7. The highest BCUT2D eigenvalue weighted by Gasteiger charge is 2.23. The summed E-state index contributed by atoms with van der Waals surface area (Å²) in [7, 11) is -1.81. The number of aromatic nitrogens is 1. The molecule has 0 amide bonds. The van der Waals surface area contributed by atoms with Crippen LogP contribution in [0.3, 0.4) is 0 Å². The molecule has 0 aromatic carbocycles. The zero-order chi connectivity index (χ0) is 11.6. The predicted molar refractivity (Wildman–Crippen MR) is 70.5 cm³/mol. The van der Waals surface area contributed by atoms with Crippen molar-refractivity contribution >= 4 is 23.1 Å². The lowest BCUT2D eigenvalue weighted by molar-refractivity contribution is 0.284. The van der Waals surface area contributed by atoms with Crippen LogP contribution in [-0.2, 0) is 11.1 Å². The first-order valence-electron chi connectivity index (χ1n) is 5.44. The van der Waals surface area contributed by atoms with Crippen molar-refractivity contribution in [2.24, 2.45) is 0 Å². The Hall–Kier alpha value is -0.180. The van der Waals surface area contributed by atoms with Crippen molar-refractivity contribution in [2.75, 3.05) is 32.1 Å². The van der Waals surface area contributed by atoms with Gasteiger partial charge in [0, 0.05) is 32.0 Å². The average Bonchev–Trinajstić information content (AvgIpc) is 2.21. The van der Waals surface area contributed by atoms with Crippen molar-refractivity contribution in [1.82, 2.24) is 9.88 Å². The molecule has 2 heterocycles. The molecular formula is C11H16BrN2OP. The number of nitrogens with zero attached hydrogens (tertiary/aromatic N) is 2. The third kappa shape index (κ3) is 3.41. The van der Waals surface area contributed by atoms with Crippen LogP contribution in [0.5, 0.6) is 0 Å². The van der Waals surface area contributed by atoms with Gasteiger partial charge in [-0.05, 0) is 34.7 Å². The van der Waals surface area contributed by atoms with Crippen molar-refractivity contribution in [3.8, 4) is 0 Å². The summed E-state index contributed by atoms with van der Waals surface area (Å²) in [6, 6.07) is 5.96. The summed E-state index contributed by atoms with van der Waals surface area (Å²) >= 11 is 3.37. The van der Waals surface area contributed by atoms with Gasteiger partial charge in [-0.1, -0.05) is 6.07 Å². The molecular weight excluding hydrogens is 287 g/mol.